The molecule has 0 unspecified atom stereocenters. The number of anilines is 1. The lowest BCUT2D eigenvalue weighted by Gasteiger charge is -2.16. The number of aromatic amines is 1. The molecule has 156 valence electrons. The van der Waals surface area contributed by atoms with Crippen LogP contribution >= 0.6 is 27.7 Å². The minimum Gasteiger partial charge on any atom is -0.497 e. The fourth-order valence-corrected chi connectivity index (χ4v) is 4.37. The number of rotatable bonds is 7. The zero-order valence-corrected chi connectivity index (χ0v) is 19.0. The molecule has 0 aliphatic carbocycles. The van der Waals surface area contributed by atoms with Gasteiger partial charge in [0, 0.05) is 21.8 Å². The Balaban J connectivity index is 1.59. The minimum absolute atomic E-state index is 0.170. The highest BCUT2D eigenvalue weighted by molar-refractivity contribution is 9.10. The van der Waals surface area contributed by atoms with E-state index in [1.54, 1.807) is 13.2 Å². The maximum absolute atomic E-state index is 13.2. The van der Waals surface area contributed by atoms with Crippen molar-refractivity contribution >= 4 is 39.3 Å². The number of aromatic nitrogens is 3. The largest absolute Gasteiger partial charge is 0.497 e. The lowest BCUT2D eigenvalue weighted by atomic mass is 10.1. The highest BCUT2D eigenvalue weighted by Gasteiger charge is 2.24. The minimum atomic E-state index is -0.532. The van der Waals surface area contributed by atoms with Crippen LogP contribution in [0.4, 0.5) is 5.69 Å². The smallest absolute Gasteiger partial charge is 0.242 e. The van der Waals surface area contributed by atoms with E-state index in [1.165, 1.54) is 11.8 Å². The number of thioether (sulfide) groups is 1. The Hall–Kier alpha value is -3.10. The summed E-state index contributed by atoms with van der Waals surface area (Å²) < 4.78 is 6.16. The second kappa shape index (κ2) is 9.80. The zero-order valence-electron chi connectivity index (χ0n) is 16.6. The highest BCUT2D eigenvalue weighted by Crippen LogP contribution is 2.36. The molecule has 4 rings (SSSR count). The van der Waals surface area contributed by atoms with Gasteiger partial charge in [0.05, 0.1) is 7.11 Å². The van der Waals surface area contributed by atoms with E-state index in [2.05, 4.69) is 36.4 Å². The molecule has 0 bridgehead atoms. The molecule has 0 radical (unpaired) electrons. The van der Waals surface area contributed by atoms with Crippen molar-refractivity contribution in [3.05, 3.63) is 88.9 Å². The number of H-pyrrole nitrogens is 1. The fourth-order valence-electron chi connectivity index (χ4n) is 2.99. The molecule has 4 aromatic rings. The Labute approximate surface area is 192 Å². The third kappa shape index (κ3) is 5.15. The van der Waals surface area contributed by atoms with Crippen LogP contribution in [0.5, 0.6) is 5.75 Å². The Morgan fingerprint density at radius 2 is 1.84 bits per heavy atom. The summed E-state index contributed by atoms with van der Waals surface area (Å²) >= 11 is 4.82. The topological polar surface area (TPSA) is 79.9 Å². The van der Waals surface area contributed by atoms with Gasteiger partial charge in [-0.3, -0.25) is 9.89 Å². The van der Waals surface area contributed by atoms with Gasteiger partial charge >= 0.3 is 0 Å². The van der Waals surface area contributed by atoms with Gasteiger partial charge in [0.2, 0.25) is 11.1 Å². The number of methoxy groups -OCH3 is 1. The second-order valence-electron chi connectivity index (χ2n) is 6.58. The van der Waals surface area contributed by atoms with E-state index >= 15 is 0 Å². The molecule has 1 heterocycles. The van der Waals surface area contributed by atoms with Crippen LogP contribution in [-0.4, -0.2) is 28.2 Å². The van der Waals surface area contributed by atoms with E-state index < -0.39 is 5.25 Å². The molecule has 0 spiro atoms. The Bertz CT molecular complexity index is 1180. The van der Waals surface area contributed by atoms with Crippen molar-refractivity contribution < 1.29 is 9.53 Å². The monoisotopic (exact) mass is 494 g/mol. The van der Waals surface area contributed by atoms with Gasteiger partial charge in [0.15, 0.2) is 5.82 Å². The summed E-state index contributed by atoms with van der Waals surface area (Å²) in [7, 11) is 1.59. The molecule has 1 amide bonds. The van der Waals surface area contributed by atoms with E-state index in [0.29, 0.717) is 22.4 Å². The van der Waals surface area contributed by atoms with Crippen molar-refractivity contribution in [1.82, 2.24) is 15.2 Å². The van der Waals surface area contributed by atoms with Crippen LogP contribution in [-0.2, 0) is 4.79 Å². The summed E-state index contributed by atoms with van der Waals surface area (Å²) in [6.45, 7) is 0. The number of nitrogens with zero attached hydrogens (tertiary/aromatic N) is 2. The molecule has 8 heteroatoms. The van der Waals surface area contributed by atoms with Crippen molar-refractivity contribution in [3.63, 3.8) is 0 Å². The number of benzene rings is 3. The molecule has 0 aliphatic heterocycles. The molecule has 0 aliphatic rings. The van der Waals surface area contributed by atoms with Gasteiger partial charge in [-0.15, -0.1) is 5.10 Å². The number of halogens is 1. The lowest BCUT2D eigenvalue weighted by Crippen LogP contribution is -2.19. The van der Waals surface area contributed by atoms with Gasteiger partial charge in [-0.2, -0.15) is 0 Å². The van der Waals surface area contributed by atoms with Crippen molar-refractivity contribution in [2.24, 2.45) is 0 Å². The standard InChI is InChI=1S/C23H19BrN4O2S/c1-30-17-11-7-10-16(14-17)25-22(29)20(15-8-3-2-4-9-15)31-23-26-21(27-28-23)18-12-5-6-13-19(18)24/h2-14,20H,1H3,(H,25,29)(H,26,27,28)/t20-/m0/s1. The van der Waals surface area contributed by atoms with Crippen LogP contribution in [0.15, 0.2) is 88.5 Å². The van der Waals surface area contributed by atoms with E-state index in [9.17, 15) is 4.79 Å². The Kier molecular flexibility index (Phi) is 6.69. The summed E-state index contributed by atoms with van der Waals surface area (Å²) in [5.41, 5.74) is 2.42. The maximum atomic E-state index is 13.2. The van der Waals surface area contributed by atoms with Crippen molar-refractivity contribution in [2.45, 2.75) is 10.4 Å². The van der Waals surface area contributed by atoms with Gasteiger partial charge in [-0.1, -0.05) is 82.3 Å². The fraction of sp³-hybridized carbons (Fsp3) is 0.0870. The molecular formula is C23H19BrN4O2S. The van der Waals surface area contributed by atoms with Gasteiger partial charge in [0.1, 0.15) is 11.0 Å². The Morgan fingerprint density at radius 1 is 1.06 bits per heavy atom. The predicted molar refractivity (Wildman–Crippen MR) is 126 cm³/mol. The normalized spacial score (nSPS) is 11.7. The molecule has 31 heavy (non-hydrogen) atoms. The van der Waals surface area contributed by atoms with Gasteiger partial charge in [-0.25, -0.2) is 4.98 Å². The molecule has 2 N–H and O–H groups in total. The van der Waals surface area contributed by atoms with Gasteiger partial charge in [-0.05, 0) is 23.8 Å². The number of carbonyl (C=O) groups is 1. The second-order valence-corrected chi connectivity index (χ2v) is 8.50. The number of hydrogen-bond donors (Lipinski definition) is 2. The predicted octanol–water partition coefficient (Wildman–Crippen LogP) is 5.71. The van der Waals surface area contributed by atoms with Crippen LogP contribution in [0.2, 0.25) is 0 Å². The van der Waals surface area contributed by atoms with Crippen LogP contribution < -0.4 is 10.1 Å². The van der Waals surface area contributed by atoms with E-state index in [4.69, 9.17) is 4.74 Å². The number of ether oxygens (including phenoxy) is 1. The SMILES string of the molecule is COc1cccc(NC(=O)[C@@H](Sc2n[nH]c(-c3ccccc3Br)n2)c2ccccc2)c1. The first-order valence-electron chi connectivity index (χ1n) is 9.48. The third-order valence-corrected chi connectivity index (χ3v) is 6.30. The number of hydrogen-bond acceptors (Lipinski definition) is 5. The van der Waals surface area contributed by atoms with Crippen LogP contribution in [0.3, 0.4) is 0 Å². The molecule has 3 aromatic carbocycles. The van der Waals surface area contributed by atoms with Gasteiger partial charge < -0.3 is 10.1 Å². The first-order chi connectivity index (χ1) is 15.1. The summed E-state index contributed by atoms with van der Waals surface area (Å²) in [6.07, 6.45) is 0. The van der Waals surface area contributed by atoms with E-state index in [0.717, 1.165) is 15.6 Å². The zero-order chi connectivity index (χ0) is 21.6. The van der Waals surface area contributed by atoms with Crippen molar-refractivity contribution in [2.75, 3.05) is 12.4 Å². The summed E-state index contributed by atoms with van der Waals surface area (Å²) in [4.78, 5) is 17.8. The van der Waals surface area contributed by atoms with Crippen LogP contribution in [0, 0.1) is 0 Å². The summed E-state index contributed by atoms with van der Waals surface area (Å²) in [5.74, 6) is 1.14. The first-order valence-corrected chi connectivity index (χ1v) is 11.1. The molecule has 6 nitrogen and oxygen atoms in total. The van der Waals surface area contributed by atoms with E-state index in [1.807, 2.05) is 72.8 Å². The van der Waals surface area contributed by atoms with Crippen molar-refractivity contribution in [3.8, 4) is 17.1 Å². The number of amides is 1. The number of carbonyl (C=O) groups excluding carboxylic acids is 1. The quantitative estimate of drug-likeness (QED) is 0.321. The number of nitrogens with one attached hydrogen (secondary N) is 2. The average molecular weight is 495 g/mol. The van der Waals surface area contributed by atoms with Crippen molar-refractivity contribution in [1.29, 1.82) is 0 Å². The average Bonchev–Trinajstić information content (AvgIpc) is 3.27. The lowest BCUT2D eigenvalue weighted by molar-refractivity contribution is -0.115. The van der Waals surface area contributed by atoms with Crippen LogP contribution in [0.25, 0.3) is 11.4 Å². The highest BCUT2D eigenvalue weighted by atomic mass is 79.9. The van der Waals surface area contributed by atoms with E-state index in [-0.39, 0.29) is 5.91 Å². The summed E-state index contributed by atoms with van der Waals surface area (Å²) in [6, 6.07) is 24.6. The Morgan fingerprint density at radius 3 is 2.61 bits per heavy atom. The van der Waals surface area contributed by atoms with Crippen LogP contribution in [0.1, 0.15) is 10.8 Å². The maximum Gasteiger partial charge on any atom is 0.242 e. The summed E-state index contributed by atoms with van der Waals surface area (Å²) in [5, 5.41) is 10.2. The first kappa shape index (κ1) is 21.1. The third-order valence-electron chi connectivity index (χ3n) is 4.49. The molecule has 0 fully saturated rings. The molecule has 0 saturated carbocycles. The molecule has 1 aromatic heterocycles. The molecule has 0 saturated heterocycles. The molecular weight excluding hydrogens is 476 g/mol. The molecule has 1 atom stereocenters. The van der Waals surface area contributed by atoms with Gasteiger partial charge in [0.25, 0.3) is 0 Å².